The second-order valence-corrected chi connectivity index (χ2v) is 11.9. The van der Waals surface area contributed by atoms with Crippen LogP contribution in [-0.4, -0.2) is 102 Å². The van der Waals surface area contributed by atoms with Crippen molar-refractivity contribution >= 4 is 34.7 Å². The molecule has 3 aliphatic carbocycles. The Morgan fingerprint density at radius 3 is 2.31 bits per heavy atom. The Morgan fingerprint density at radius 2 is 1.74 bits per heavy atom. The van der Waals surface area contributed by atoms with E-state index in [4.69, 9.17) is 5.73 Å². The molecule has 1 aromatic rings. The van der Waals surface area contributed by atoms with Gasteiger partial charge in [-0.2, -0.15) is 0 Å². The monoisotopic (exact) mass is 540 g/mol. The lowest BCUT2D eigenvalue weighted by atomic mass is 9.52. The third-order valence-corrected chi connectivity index (χ3v) is 9.19. The number of aromatic hydroxyl groups is 1. The Hall–Kier alpha value is -3.15. The summed E-state index contributed by atoms with van der Waals surface area (Å²) < 4.78 is 0. The quantitative estimate of drug-likeness (QED) is 0.416. The summed E-state index contributed by atoms with van der Waals surface area (Å²) in [5, 5.41) is 23.1. The molecule has 5 rings (SSSR count). The first kappa shape index (κ1) is 27.4. The fourth-order valence-corrected chi connectivity index (χ4v) is 7.41. The number of anilines is 1. The number of Topliss-reactive ketones (excluding diaryl/α,β-unsaturated/α-hetero) is 4. The standard InChI is InChI=1S/C28H36N4O7/c1-30(2)17-11-14(12-32-7-5-6-8-32)22(33)19-15(17)9-13-10-16-21(31(3)4)24(35)20(27(29)38)26(37)28(16,39)25(36)18(13)23(19)34/h11,13,16,18,20-21,33,39H,5-10,12H2,1-4H3,(H2,29,38)/t13-,16-,18?,20?,21?,28-/m0/s1. The number of fused-ring (bicyclic) bond motifs is 3. The van der Waals surface area contributed by atoms with Crippen molar-refractivity contribution in [1.29, 1.82) is 0 Å². The number of nitrogens with zero attached hydrogens (tertiary/aromatic N) is 3. The zero-order chi connectivity index (χ0) is 28.5. The van der Waals surface area contributed by atoms with Crippen molar-refractivity contribution in [2.24, 2.45) is 29.4 Å². The molecule has 1 saturated heterocycles. The number of phenolic OH excluding ortho intramolecular Hbond substituents is 1. The van der Waals surface area contributed by atoms with Gasteiger partial charge in [0.15, 0.2) is 34.7 Å². The van der Waals surface area contributed by atoms with Gasteiger partial charge in [0, 0.05) is 37.8 Å². The minimum atomic E-state index is -2.72. The van der Waals surface area contributed by atoms with E-state index in [1.165, 1.54) is 4.90 Å². The number of likely N-dealkylation sites (N-methyl/N-ethyl adjacent to an activating group) is 1. The maximum atomic E-state index is 14.1. The minimum absolute atomic E-state index is 0.0348. The summed E-state index contributed by atoms with van der Waals surface area (Å²) >= 11 is 0. The first-order valence-corrected chi connectivity index (χ1v) is 13.4. The van der Waals surface area contributed by atoms with Crippen LogP contribution in [0.25, 0.3) is 0 Å². The maximum Gasteiger partial charge on any atom is 0.235 e. The van der Waals surface area contributed by atoms with E-state index in [2.05, 4.69) is 4.90 Å². The lowest BCUT2D eigenvalue weighted by molar-refractivity contribution is -0.181. The van der Waals surface area contributed by atoms with Crippen LogP contribution in [0.5, 0.6) is 5.75 Å². The zero-order valence-corrected chi connectivity index (χ0v) is 22.8. The third-order valence-electron chi connectivity index (χ3n) is 9.19. The van der Waals surface area contributed by atoms with Crippen molar-refractivity contribution in [3.63, 3.8) is 0 Å². The predicted molar refractivity (Wildman–Crippen MR) is 140 cm³/mol. The first-order valence-electron chi connectivity index (χ1n) is 13.4. The van der Waals surface area contributed by atoms with Crippen LogP contribution in [0.3, 0.4) is 0 Å². The highest BCUT2D eigenvalue weighted by Crippen LogP contribution is 2.52. The molecule has 2 saturated carbocycles. The number of primary amides is 1. The number of likely N-dealkylation sites (tertiary alicyclic amines) is 1. The number of phenols is 1. The number of rotatable bonds is 5. The molecule has 39 heavy (non-hydrogen) atoms. The molecule has 0 radical (unpaired) electrons. The number of benzene rings is 1. The summed E-state index contributed by atoms with van der Waals surface area (Å²) in [4.78, 5) is 72.4. The Balaban J connectivity index is 1.63. The number of ketones is 4. The van der Waals surface area contributed by atoms with Gasteiger partial charge >= 0.3 is 0 Å². The van der Waals surface area contributed by atoms with Crippen LogP contribution < -0.4 is 10.6 Å². The van der Waals surface area contributed by atoms with Crippen molar-refractivity contribution in [1.82, 2.24) is 9.80 Å². The maximum absolute atomic E-state index is 14.1. The average molecular weight is 541 g/mol. The van der Waals surface area contributed by atoms with Gasteiger partial charge in [-0.05, 0) is 70.4 Å². The molecule has 1 amide bonds. The van der Waals surface area contributed by atoms with Gasteiger partial charge in [0.1, 0.15) is 5.75 Å². The summed E-state index contributed by atoms with van der Waals surface area (Å²) in [5.41, 5.74) is 4.64. The molecular weight excluding hydrogens is 504 g/mol. The molecule has 11 heteroatoms. The van der Waals surface area contributed by atoms with Crippen molar-refractivity contribution in [2.45, 2.75) is 43.9 Å². The smallest absolute Gasteiger partial charge is 0.235 e. The fourth-order valence-electron chi connectivity index (χ4n) is 7.41. The fraction of sp³-hybridized carbons (Fsp3) is 0.607. The van der Waals surface area contributed by atoms with Gasteiger partial charge in [0.05, 0.1) is 17.5 Å². The van der Waals surface area contributed by atoms with Crippen LogP contribution in [0, 0.1) is 23.7 Å². The highest BCUT2D eigenvalue weighted by Gasteiger charge is 2.69. The average Bonchev–Trinajstić information content (AvgIpc) is 3.35. The molecule has 3 fully saturated rings. The van der Waals surface area contributed by atoms with E-state index in [9.17, 15) is 34.2 Å². The van der Waals surface area contributed by atoms with Crippen molar-refractivity contribution < 1.29 is 34.2 Å². The summed E-state index contributed by atoms with van der Waals surface area (Å²) in [7, 11) is 6.83. The van der Waals surface area contributed by atoms with Crippen molar-refractivity contribution in [3.05, 3.63) is 22.8 Å². The van der Waals surface area contributed by atoms with Crippen LogP contribution in [0.15, 0.2) is 6.07 Å². The van der Waals surface area contributed by atoms with Gasteiger partial charge in [-0.3, -0.25) is 33.8 Å². The summed E-state index contributed by atoms with van der Waals surface area (Å²) in [6, 6.07) is 0.769. The van der Waals surface area contributed by atoms with E-state index in [1.54, 1.807) is 14.1 Å². The van der Waals surface area contributed by atoms with Gasteiger partial charge < -0.3 is 20.8 Å². The van der Waals surface area contributed by atoms with Crippen LogP contribution in [-0.2, 0) is 32.1 Å². The molecule has 6 atom stereocenters. The molecule has 4 aliphatic rings. The second-order valence-electron chi connectivity index (χ2n) is 11.9. The van der Waals surface area contributed by atoms with Gasteiger partial charge in [-0.15, -0.1) is 0 Å². The molecule has 3 unspecified atom stereocenters. The van der Waals surface area contributed by atoms with E-state index in [0.717, 1.165) is 31.6 Å². The van der Waals surface area contributed by atoms with Gasteiger partial charge in [-0.25, -0.2) is 0 Å². The van der Waals surface area contributed by atoms with Crippen LogP contribution in [0.1, 0.15) is 40.7 Å². The second kappa shape index (κ2) is 9.50. The topological polar surface area (TPSA) is 162 Å². The number of hydrogen-bond acceptors (Lipinski definition) is 10. The van der Waals surface area contributed by atoms with Crippen LogP contribution in [0.2, 0.25) is 0 Å². The molecule has 1 aliphatic heterocycles. The molecule has 210 valence electrons. The van der Waals surface area contributed by atoms with E-state index in [1.807, 2.05) is 25.1 Å². The molecule has 1 aromatic carbocycles. The molecule has 0 bridgehead atoms. The number of nitrogens with two attached hydrogens (primary N) is 1. The van der Waals surface area contributed by atoms with Gasteiger partial charge in [0.25, 0.3) is 0 Å². The first-order chi connectivity index (χ1) is 18.3. The van der Waals surface area contributed by atoms with E-state index < -0.39 is 64.4 Å². The lowest BCUT2D eigenvalue weighted by Gasteiger charge is -2.52. The number of aliphatic hydroxyl groups is 1. The summed E-state index contributed by atoms with van der Waals surface area (Å²) in [5.74, 6) is -10.2. The Kier molecular flexibility index (Phi) is 6.68. The molecular formula is C28H36N4O7. The normalized spacial score (nSPS) is 32.7. The highest BCUT2D eigenvalue weighted by molar-refractivity contribution is 6.32. The molecule has 0 aromatic heterocycles. The number of amides is 1. The number of carbonyl (C=O) groups is 5. The van der Waals surface area contributed by atoms with E-state index in [-0.39, 0.29) is 24.2 Å². The molecule has 1 heterocycles. The minimum Gasteiger partial charge on any atom is -0.507 e. The Morgan fingerprint density at radius 1 is 1.10 bits per heavy atom. The SMILES string of the molecule is CN(C)c1cc(CN2CCCC2)c(O)c2c1C[C@H]1C[C@H]3C(N(C)C)C(=O)C(C(N)=O)C(=O)[C@@]3(O)C(=O)C1C2=O. The highest BCUT2D eigenvalue weighted by atomic mass is 16.3. The van der Waals surface area contributed by atoms with E-state index in [0.29, 0.717) is 17.7 Å². The van der Waals surface area contributed by atoms with Crippen molar-refractivity contribution in [3.8, 4) is 5.75 Å². The molecule has 4 N–H and O–H groups in total. The van der Waals surface area contributed by atoms with Gasteiger partial charge in [0.2, 0.25) is 5.91 Å². The third kappa shape index (κ3) is 3.93. The molecule has 11 nitrogen and oxygen atoms in total. The van der Waals surface area contributed by atoms with Crippen LogP contribution in [0.4, 0.5) is 5.69 Å². The van der Waals surface area contributed by atoms with Crippen LogP contribution >= 0.6 is 0 Å². The number of carbonyl (C=O) groups excluding carboxylic acids is 5. The predicted octanol–water partition coefficient (Wildman–Crippen LogP) is -0.471. The largest absolute Gasteiger partial charge is 0.507 e. The van der Waals surface area contributed by atoms with Gasteiger partial charge in [-0.1, -0.05) is 0 Å². The Labute approximate surface area is 226 Å². The van der Waals surface area contributed by atoms with Crippen molar-refractivity contribution in [2.75, 3.05) is 46.2 Å². The number of hydrogen-bond donors (Lipinski definition) is 3. The summed E-state index contributed by atoms with van der Waals surface area (Å²) in [6.45, 7) is 2.22. The van der Waals surface area contributed by atoms with E-state index >= 15 is 0 Å². The lowest BCUT2D eigenvalue weighted by Crippen LogP contribution is -2.74. The molecule has 0 spiro atoms. The zero-order valence-electron chi connectivity index (χ0n) is 22.8. The summed E-state index contributed by atoms with van der Waals surface area (Å²) in [6.07, 6.45) is 2.39. The Bertz CT molecular complexity index is 1280.